The minimum Gasteiger partial charge on any atom is -0.309 e. The molecule has 0 aliphatic carbocycles. The first-order valence-corrected chi connectivity index (χ1v) is 10.4. The largest absolute Gasteiger partial charge is 0.309 e. The van der Waals surface area contributed by atoms with Crippen LogP contribution in [-0.4, -0.2) is 38.1 Å². The van der Waals surface area contributed by atoms with Crippen LogP contribution in [0.2, 0.25) is 10.0 Å². The molecular weight excluding hydrogens is 419 g/mol. The predicted octanol–water partition coefficient (Wildman–Crippen LogP) is 4.31. The topological polar surface area (TPSA) is 67.6 Å². The number of ketones is 1. The van der Waals surface area contributed by atoms with Crippen molar-refractivity contribution in [2.45, 2.75) is 31.5 Å². The lowest BCUT2D eigenvalue weighted by Gasteiger charge is -2.20. The summed E-state index contributed by atoms with van der Waals surface area (Å²) in [6, 6.07) is 7.20. The zero-order valence-corrected chi connectivity index (χ0v) is 17.5. The van der Waals surface area contributed by atoms with E-state index in [1.165, 1.54) is 11.8 Å². The van der Waals surface area contributed by atoms with Gasteiger partial charge in [0.25, 0.3) is 0 Å². The molecule has 0 saturated carbocycles. The van der Waals surface area contributed by atoms with E-state index in [-0.39, 0.29) is 23.5 Å². The fraction of sp³-hybridized carbons (Fsp3) is 0.263. The number of amides is 1. The van der Waals surface area contributed by atoms with E-state index in [2.05, 4.69) is 10.2 Å². The van der Waals surface area contributed by atoms with E-state index < -0.39 is 0 Å². The summed E-state index contributed by atoms with van der Waals surface area (Å²) in [4.78, 5) is 26.3. The lowest BCUT2D eigenvalue weighted by molar-refractivity contribution is -0.116. The molecule has 0 unspecified atom stereocenters. The smallest absolute Gasteiger partial charge is 0.224 e. The summed E-state index contributed by atoms with van der Waals surface area (Å²) < 4.78 is 1.68. The van der Waals surface area contributed by atoms with Gasteiger partial charge in [0.2, 0.25) is 5.91 Å². The van der Waals surface area contributed by atoms with Crippen LogP contribution in [0, 0.1) is 0 Å². The minimum atomic E-state index is -0.0217. The third kappa shape index (κ3) is 3.38. The Balaban J connectivity index is 1.53. The number of carbonyl (C=O) groups is 2. The molecule has 28 heavy (non-hydrogen) atoms. The second-order valence-corrected chi connectivity index (χ2v) is 8.47. The number of hydrogen-bond acceptors (Lipinski definition) is 5. The van der Waals surface area contributed by atoms with Crippen LogP contribution in [0.5, 0.6) is 0 Å². The molecule has 1 aromatic carbocycles. The Morgan fingerprint density at radius 2 is 2.04 bits per heavy atom. The first-order valence-electron chi connectivity index (χ1n) is 8.63. The van der Waals surface area contributed by atoms with Gasteiger partial charge in [0.1, 0.15) is 0 Å². The molecule has 1 amide bonds. The van der Waals surface area contributed by atoms with Crippen molar-refractivity contribution in [2.24, 2.45) is 0 Å². The number of anilines is 1. The normalized spacial score (nSPS) is 15.9. The Morgan fingerprint density at radius 3 is 2.79 bits per heavy atom. The maximum Gasteiger partial charge on any atom is 0.224 e. The van der Waals surface area contributed by atoms with Gasteiger partial charge < -0.3 is 4.90 Å². The summed E-state index contributed by atoms with van der Waals surface area (Å²) in [5.74, 6) is 0.193. The molecule has 3 heterocycles. The Kier molecular flexibility index (Phi) is 5.07. The fourth-order valence-electron chi connectivity index (χ4n) is 3.50. The Labute approximate surface area is 175 Å². The molecule has 3 aromatic rings. The first-order chi connectivity index (χ1) is 13.3. The molecular formula is C19H16Cl2N4O2S. The highest BCUT2D eigenvalue weighted by molar-refractivity contribution is 7.99. The third-order valence-corrected chi connectivity index (χ3v) is 6.11. The summed E-state index contributed by atoms with van der Waals surface area (Å²) >= 11 is 13.4. The van der Waals surface area contributed by atoms with Gasteiger partial charge in [0.05, 0.1) is 15.8 Å². The summed E-state index contributed by atoms with van der Waals surface area (Å²) in [7, 11) is 0. The standard InChI is InChI=1S/C19H16Cl2N4O2S/c1-10-5-13-6-12(3-4-16(13)25(10)11(2)26)17(27)9-28-19-23-22-18-15(21)7-14(20)8-24(18)19/h3-4,6-8,10H,5,9H2,1-2H3/t10-/m1/s1. The van der Waals surface area contributed by atoms with Crippen LogP contribution in [-0.2, 0) is 11.2 Å². The predicted molar refractivity (Wildman–Crippen MR) is 111 cm³/mol. The van der Waals surface area contributed by atoms with Gasteiger partial charge in [-0.2, -0.15) is 0 Å². The Morgan fingerprint density at radius 1 is 1.25 bits per heavy atom. The van der Waals surface area contributed by atoms with Gasteiger partial charge in [-0.25, -0.2) is 0 Å². The maximum atomic E-state index is 12.7. The number of benzene rings is 1. The number of fused-ring (bicyclic) bond motifs is 2. The van der Waals surface area contributed by atoms with Crippen LogP contribution < -0.4 is 4.90 Å². The second kappa shape index (κ2) is 7.39. The van der Waals surface area contributed by atoms with Crippen molar-refractivity contribution in [1.29, 1.82) is 0 Å². The van der Waals surface area contributed by atoms with Gasteiger partial charge in [0.15, 0.2) is 16.6 Å². The van der Waals surface area contributed by atoms with Crippen LogP contribution in [0.25, 0.3) is 5.65 Å². The van der Waals surface area contributed by atoms with E-state index in [0.29, 0.717) is 26.4 Å². The summed E-state index contributed by atoms with van der Waals surface area (Å²) in [5.41, 5.74) is 3.02. The van der Waals surface area contributed by atoms with Gasteiger partial charge in [-0.1, -0.05) is 35.0 Å². The van der Waals surface area contributed by atoms with Gasteiger partial charge >= 0.3 is 0 Å². The molecule has 0 radical (unpaired) electrons. The van der Waals surface area contributed by atoms with Crippen LogP contribution in [0.4, 0.5) is 5.69 Å². The molecule has 144 valence electrons. The van der Waals surface area contributed by atoms with Crippen LogP contribution in [0.3, 0.4) is 0 Å². The van der Waals surface area contributed by atoms with E-state index in [1.807, 2.05) is 19.1 Å². The van der Waals surface area contributed by atoms with Gasteiger partial charge in [0, 0.05) is 30.4 Å². The van der Waals surface area contributed by atoms with Crippen molar-refractivity contribution in [3.63, 3.8) is 0 Å². The lowest BCUT2D eigenvalue weighted by atomic mass is 10.0. The summed E-state index contributed by atoms with van der Waals surface area (Å²) in [6.45, 7) is 3.56. The molecule has 1 aliphatic rings. The van der Waals surface area contributed by atoms with Crippen molar-refractivity contribution in [1.82, 2.24) is 14.6 Å². The van der Waals surface area contributed by atoms with Crippen molar-refractivity contribution < 1.29 is 9.59 Å². The van der Waals surface area contributed by atoms with E-state index in [4.69, 9.17) is 23.2 Å². The van der Waals surface area contributed by atoms with Crippen molar-refractivity contribution in [3.8, 4) is 0 Å². The Bertz CT molecular complexity index is 1110. The van der Waals surface area contributed by atoms with Gasteiger partial charge in [-0.05, 0) is 43.2 Å². The molecule has 0 saturated heterocycles. The molecule has 6 nitrogen and oxygen atoms in total. The van der Waals surface area contributed by atoms with Crippen molar-refractivity contribution in [2.75, 3.05) is 10.7 Å². The number of carbonyl (C=O) groups excluding carboxylic acids is 2. The molecule has 2 aromatic heterocycles. The van der Waals surface area contributed by atoms with E-state index in [1.54, 1.807) is 34.6 Å². The number of nitrogens with zero attached hydrogens (tertiary/aromatic N) is 4. The number of hydrogen-bond donors (Lipinski definition) is 0. The molecule has 4 rings (SSSR count). The molecule has 0 bridgehead atoms. The highest BCUT2D eigenvalue weighted by Crippen LogP contribution is 2.33. The number of rotatable bonds is 4. The minimum absolute atomic E-state index is 0.0110. The van der Waals surface area contributed by atoms with Gasteiger partial charge in [-0.3, -0.25) is 14.0 Å². The lowest BCUT2D eigenvalue weighted by Crippen LogP contribution is -2.33. The third-order valence-electron chi connectivity index (χ3n) is 4.68. The van der Waals surface area contributed by atoms with Crippen LogP contribution in [0.15, 0.2) is 35.6 Å². The fourth-order valence-corrected chi connectivity index (χ4v) is 4.81. The molecule has 0 N–H and O–H groups in total. The van der Waals surface area contributed by atoms with Crippen LogP contribution >= 0.6 is 35.0 Å². The molecule has 1 aliphatic heterocycles. The van der Waals surface area contributed by atoms with Gasteiger partial charge in [-0.15, -0.1) is 10.2 Å². The zero-order chi connectivity index (χ0) is 20.0. The SMILES string of the molecule is CC(=O)N1c2ccc(C(=O)CSc3nnc4c(Cl)cc(Cl)cn34)cc2C[C@H]1C. The quantitative estimate of drug-likeness (QED) is 0.451. The maximum absolute atomic E-state index is 12.7. The van der Waals surface area contributed by atoms with E-state index >= 15 is 0 Å². The average Bonchev–Trinajstić information content (AvgIpc) is 3.18. The van der Waals surface area contributed by atoms with E-state index in [0.717, 1.165) is 17.7 Å². The molecule has 0 spiro atoms. The second-order valence-electron chi connectivity index (χ2n) is 6.68. The number of halogens is 2. The summed E-state index contributed by atoms with van der Waals surface area (Å²) in [5, 5.41) is 9.56. The van der Waals surface area contributed by atoms with Crippen LogP contribution in [0.1, 0.15) is 29.8 Å². The zero-order valence-electron chi connectivity index (χ0n) is 15.1. The number of Topliss-reactive ketones (excluding diaryl/α,β-unsaturated/α-hetero) is 1. The first kappa shape index (κ1) is 19.2. The van der Waals surface area contributed by atoms with Crippen molar-refractivity contribution in [3.05, 3.63) is 51.6 Å². The highest BCUT2D eigenvalue weighted by Gasteiger charge is 2.29. The van der Waals surface area contributed by atoms with E-state index in [9.17, 15) is 9.59 Å². The Hall–Kier alpha value is -2.09. The molecule has 9 heteroatoms. The summed E-state index contributed by atoms with van der Waals surface area (Å²) in [6.07, 6.45) is 2.41. The number of aromatic nitrogens is 3. The molecule has 0 fully saturated rings. The van der Waals surface area contributed by atoms with Crippen molar-refractivity contribution >= 4 is 58.0 Å². The molecule has 1 atom stereocenters. The number of thioether (sulfide) groups is 1. The monoisotopic (exact) mass is 434 g/mol. The highest BCUT2D eigenvalue weighted by atomic mass is 35.5. The number of pyridine rings is 1. The average molecular weight is 435 g/mol.